The minimum Gasteiger partial charge on any atom is -0.497 e. The second-order valence-electron chi connectivity index (χ2n) is 5.93. The Balaban J connectivity index is 2.18. The van der Waals surface area contributed by atoms with Crippen molar-refractivity contribution in [1.29, 1.82) is 0 Å². The van der Waals surface area contributed by atoms with E-state index in [-0.39, 0.29) is 0 Å². The summed E-state index contributed by atoms with van der Waals surface area (Å²) in [5, 5.41) is 3.78. The smallest absolute Gasteiger partial charge is 0.119 e. The highest BCUT2D eigenvalue weighted by Crippen LogP contribution is 2.42. The molecule has 2 unspecified atom stereocenters. The average Bonchev–Trinajstić information content (AvgIpc) is 2.93. The monoisotopic (exact) mass is 371 g/mol. The molecule has 1 fully saturated rings. The van der Waals surface area contributed by atoms with Crippen molar-refractivity contribution in [3.63, 3.8) is 0 Å². The largest absolute Gasteiger partial charge is 0.497 e. The summed E-state index contributed by atoms with van der Waals surface area (Å²) in [5.74, 6) is 2.23. The first-order chi connectivity index (χ1) is 10.1. The van der Waals surface area contributed by atoms with Crippen molar-refractivity contribution >= 4 is 27.7 Å². The van der Waals surface area contributed by atoms with E-state index in [9.17, 15) is 0 Å². The van der Waals surface area contributed by atoms with Gasteiger partial charge in [0.05, 0.1) is 7.11 Å². The molecule has 0 aromatic heterocycles. The topological polar surface area (TPSA) is 21.3 Å². The highest BCUT2D eigenvalue weighted by atomic mass is 79.9. The fraction of sp³-hybridized carbons (Fsp3) is 0.647. The molecule has 0 amide bonds. The lowest BCUT2D eigenvalue weighted by atomic mass is 9.90. The molecular weight excluding hydrogens is 346 g/mol. The molecule has 0 radical (unpaired) electrons. The molecule has 1 heterocycles. The van der Waals surface area contributed by atoms with Crippen LogP contribution in [-0.4, -0.2) is 30.2 Å². The SMILES string of the molecule is CCCNC(Cc1cc(OC)ccc1Br)C1(C)CCCS1. The number of halogens is 1. The fourth-order valence-corrected chi connectivity index (χ4v) is 4.77. The molecule has 2 nitrogen and oxygen atoms in total. The highest BCUT2D eigenvalue weighted by Gasteiger charge is 2.37. The molecule has 1 aromatic carbocycles. The summed E-state index contributed by atoms with van der Waals surface area (Å²) in [4.78, 5) is 0. The number of ether oxygens (including phenoxy) is 1. The summed E-state index contributed by atoms with van der Waals surface area (Å²) in [6, 6.07) is 6.77. The third-order valence-electron chi connectivity index (χ3n) is 4.30. The second-order valence-corrected chi connectivity index (χ2v) is 8.42. The second kappa shape index (κ2) is 7.89. The van der Waals surface area contributed by atoms with Crippen LogP contribution in [0.4, 0.5) is 0 Å². The van der Waals surface area contributed by atoms with E-state index < -0.39 is 0 Å². The predicted octanol–water partition coefficient (Wildman–Crippen LogP) is 4.65. The first-order valence-corrected chi connectivity index (χ1v) is 9.56. The molecule has 1 saturated heterocycles. The van der Waals surface area contributed by atoms with Gasteiger partial charge >= 0.3 is 0 Å². The standard InChI is InChI=1S/C17H26BrNOS/c1-4-9-19-16(17(2)8-5-10-21-17)12-13-11-14(20-3)6-7-15(13)18/h6-7,11,16,19H,4-5,8-10,12H2,1-3H3. The summed E-state index contributed by atoms with van der Waals surface area (Å²) in [5.41, 5.74) is 1.33. The van der Waals surface area contributed by atoms with Gasteiger partial charge in [-0.15, -0.1) is 0 Å². The third kappa shape index (κ3) is 4.40. The Bertz CT molecular complexity index is 460. The van der Waals surface area contributed by atoms with Gasteiger partial charge in [0.1, 0.15) is 5.75 Å². The molecule has 4 heteroatoms. The van der Waals surface area contributed by atoms with Crippen molar-refractivity contribution in [2.24, 2.45) is 0 Å². The van der Waals surface area contributed by atoms with Crippen LogP contribution in [0.15, 0.2) is 22.7 Å². The Hall–Kier alpha value is -0.190. The Morgan fingerprint density at radius 3 is 2.90 bits per heavy atom. The van der Waals surface area contributed by atoms with Crippen LogP contribution in [0.2, 0.25) is 0 Å². The van der Waals surface area contributed by atoms with E-state index in [2.05, 4.69) is 59.0 Å². The van der Waals surface area contributed by atoms with Crippen molar-refractivity contribution in [3.8, 4) is 5.75 Å². The van der Waals surface area contributed by atoms with Crippen LogP contribution >= 0.6 is 27.7 Å². The first-order valence-electron chi connectivity index (χ1n) is 7.79. The van der Waals surface area contributed by atoms with E-state index in [4.69, 9.17) is 4.74 Å². The number of thioether (sulfide) groups is 1. The Morgan fingerprint density at radius 1 is 1.48 bits per heavy atom. The van der Waals surface area contributed by atoms with Crippen LogP contribution in [0, 0.1) is 0 Å². The minimum atomic E-state index is 0.345. The van der Waals surface area contributed by atoms with Gasteiger partial charge in [-0.05, 0) is 68.7 Å². The Kier molecular flexibility index (Phi) is 6.45. The number of nitrogens with one attached hydrogen (secondary N) is 1. The van der Waals surface area contributed by atoms with E-state index in [1.165, 1.54) is 35.1 Å². The molecule has 21 heavy (non-hydrogen) atoms. The number of hydrogen-bond donors (Lipinski definition) is 1. The molecule has 0 saturated carbocycles. The van der Waals surface area contributed by atoms with Gasteiger partial charge in [0.15, 0.2) is 0 Å². The van der Waals surface area contributed by atoms with Gasteiger partial charge in [0, 0.05) is 15.3 Å². The van der Waals surface area contributed by atoms with Crippen LogP contribution < -0.4 is 10.1 Å². The predicted molar refractivity (Wildman–Crippen MR) is 96.6 cm³/mol. The maximum Gasteiger partial charge on any atom is 0.119 e. The van der Waals surface area contributed by atoms with Gasteiger partial charge in [-0.25, -0.2) is 0 Å². The van der Waals surface area contributed by atoms with Crippen molar-refractivity contribution in [3.05, 3.63) is 28.2 Å². The van der Waals surface area contributed by atoms with Gasteiger partial charge in [0.25, 0.3) is 0 Å². The van der Waals surface area contributed by atoms with Gasteiger partial charge in [-0.3, -0.25) is 0 Å². The van der Waals surface area contributed by atoms with Gasteiger partial charge in [0.2, 0.25) is 0 Å². The zero-order valence-corrected chi connectivity index (χ0v) is 15.6. The summed E-state index contributed by atoms with van der Waals surface area (Å²) in [6.07, 6.45) is 4.86. The molecule has 1 aromatic rings. The Morgan fingerprint density at radius 2 is 2.29 bits per heavy atom. The molecule has 2 atom stereocenters. The van der Waals surface area contributed by atoms with Crippen molar-refractivity contribution in [2.75, 3.05) is 19.4 Å². The number of methoxy groups -OCH3 is 1. The summed E-state index contributed by atoms with van der Waals surface area (Å²) < 4.78 is 6.90. The van der Waals surface area contributed by atoms with Crippen LogP contribution in [0.1, 0.15) is 38.7 Å². The van der Waals surface area contributed by atoms with Crippen molar-refractivity contribution < 1.29 is 4.74 Å². The normalized spacial score (nSPS) is 23.2. The highest BCUT2D eigenvalue weighted by molar-refractivity contribution is 9.10. The minimum absolute atomic E-state index is 0.345. The molecule has 2 rings (SSSR count). The Labute approximate surface area is 141 Å². The van der Waals surface area contributed by atoms with Gasteiger partial charge in [-0.1, -0.05) is 22.9 Å². The average molecular weight is 372 g/mol. The van der Waals surface area contributed by atoms with Crippen LogP contribution in [0.25, 0.3) is 0 Å². The molecule has 1 aliphatic rings. The quantitative estimate of drug-likeness (QED) is 0.753. The molecular formula is C17H26BrNOS. The summed E-state index contributed by atoms with van der Waals surface area (Å²) in [7, 11) is 1.73. The van der Waals surface area contributed by atoms with Crippen LogP contribution in [0.5, 0.6) is 5.75 Å². The van der Waals surface area contributed by atoms with E-state index in [1.54, 1.807) is 7.11 Å². The molecule has 0 bridgehead atoms. The fourth-order valence-electron chi connectivity index (χ4n) is 2.95. The van der Waals surface area contributed by atoms with E-state index in [0.29, 0.717) is 10.8 Å². The maximum absolute atomic E-state index is 5.38. The molecule has 0 spiro atoms. The zero-order chi connectivity index (χ0) is 15.3. The molecule has 118 valence electrons. The van der Waals surface area contributed by atoms with Crippen molar-refractivity contribution in [2.45, 2.75) is 50.3 Å². The van der Waals surface area contributed by atoms with Crippen LogP contribution in [0.3, 0.4) is 0 Å². The number of rotatable bonds is 7. The maximum atomic E-state index is 5.38. The van der Waals surface area contributed by atoms with E-state index in [0.717, 1.165) is 18.7 Å². The first kappa shape index (κ1) is 17.2. The number of hydrogen-bond acceptors (Lipinski definition) is 3. The van der Waals surface area contributed by atoms with Gasteiger partial charge in [-0.2, -0.15) is 11.8 Å². The lowest BCUT2D eigenvalue weighted by Gasteiger charge is -2.34. The molecule has 0 aliphatic carbocycles. The number of benzene rings is 1. The third-order valence-corrected chi connectivity index (χ3v) is 6.72. The zero-order valence-electron chi connectivity index (χ0n) is 13.2. The molecule has 1 aliphatic heterocycles. The van der Waals surface area contributed by atoms with Crippen molar-refractivity contribution in [1.82, 2.24) is 5.32 Å². The summed E-state index contributed by atoms with van der Waals surface area (Å²) >= 11 is 5.82. The lowest BCUT2D eigenvalue weighted by Crippen LogP contribution is -2.47. The molecule has 1 N–H and O–H groups in total. The van der Waals surface area contributed by atoms with Gasteiger partial charge < -0.3 is 10.1 Å². The lowest BCUT2D eigenvalue weighted by molar-refractivity contribution is 0.395. The van der Waals surface area contributed by atoms with Crippen LogP contribution in [-0.2, 0) is 6.42 Å². The van der Waals surface area contributed by atoms with E-state index >= 15 is 0 Å². The summed E-state index contributed by atoms with van der Waals surface area (Å²) in [6.45, 7) is 5.74. The van der Waals surface area contributed by atoms with E-state index in [1.807, 2.05) is 6.07 Å².